The van der Waals surface area contributed by atoms with E-state index in [9.17, 15) is 9.59 Å². The zero-order valence-corrected chi connectivity index (χ0v) is 14.5. The molecule has 2 aromatic heterocycles. The van der Waals surface area contributed by atoms with E-state index in [0.29, 0.717) is 35.2 Å². The third-order valence-electron chi connectivity index (χ3n) is 4.46. The second kappa shape index (κ2) is 7.51. The molecule has 0 bridgehead atoms. The van der Waals surface area contributed by atoms with E-state index in [-0.39, 0.29) is 5.91 Å². The summed E-state index contributed by atoms with van der Waals surface area (Å²) in [7, 11) is 0. The second-order valence-corrected chi connectivity index (χ2v) is 6.25. The summed E-state index contributed by atoms with van der Waals surface area (Å²) in [5.74, 6) is -0.746. The highest BCUT2D eigenvalue weighted by Gasteiger charge is 2.24. The van der Waals surface area contributed by atoms with E-state index in [1.807, 2.05) is 36.4 Å². The van der Waals surface area contributed by atoms with Crippen LogP contribution in [-0.2, 0) is 9.53 Å². The van der Waals surface area contributed by atoms with Crippen molar-refractivity contribution in [3.8, 4) is 11.3 Å². The van der Waals surface area contributed by atoms with Crippen molar-refractivity contribution in [2.24, 2.45) is 0 Å². The summed E-state index contributed by atoms with van der Waals surface area (Å²) in [5.41, 5.74) is 7.58. The summed E-state index contributed by atoms with van der Waals surface area (Å²) in [4.78, 5) is 33.5. The summed E-state index contributed by atoms with van der Waals surface area (Å²) in [6.45, 7) is 0.566. The molecule has 1 aromatic carbocycles. The predicted octanol–water partition coefficient (Wildman–Crippen LogP) is 2.24. The highest BCUT2D eigenvalue weighted by atomic mass is 16.5. The molecule has 27 heavy (non-hydrogen) atoms. The van der Waals surface area contributed by atoms with Gasteiger partial charge in [0.25, 0.3) is 11.8 Å². The van der Waals surface area contributed by atoms with Gasteiger partial charge in [0.15, 0.2) is 0 Å². The SMILES string of the molecule is O=C(NNC(=O)C1CCCO1)c1cc(-c2ccncc2)nc2ccccc12. The Morgan fingerprint density at radius 1 is 1.07 bits per heavy atom. The van der Waals surface area contributed by atoms with Crippen molar-refractivity contribution in [2.45, 2.75) is 18.9 Å². The average Bonchev–Trinajstić information content (AvgIpc) is 3.26. The van der Waals surface area contributed by atoms with Crippen molar-refractivity contribution in [3.05, 3.63) is 60.4 Å². The molecule has 1 fully saturated rings. The van der Waals surface area contributed by atoms with Gasteiger partial charge in [0.05, 0.1) is 16.8 Å². The number of hydrogen-bond donors (Lipinski definition) is 2. The summed E-state index contributed by atoms with van der Waals surface area (Å²) in [6, 6.07) is 12.8. The number of benzene rings is 1. The molecule has 2 N–H and O–H groups in total. The van der Waals surface area contributed by atoms with Crippen molar-refractivity contribution in [1.29, 1.82) is 0 Å². The van der Waals surface area contributed by atoms with Gasteiger partial charge in [-0.15, -0.1) is 0 Å². The lowest BCUT2D eigenvalue weighted by Crippen LogP contribution is -2.46. The molecule has 2 amide bonds. The molecule has 7 heteroatoms. The molecule has 1 aliphatic heterocycles. The van der Waals surface area contributed by atoms with E-state index in [2.05, 4.69) is 20.8 Å². The summed E-state index contributed by atoms with van der Waals surface area (Å²) < 4.78 is 5.32. The monoisotopic (exact) mass is 362 g/mol. The minimum atomic E-state index is -0.508. The molecule has 4 rings (SSSR count). The van der Waals surface area contributed by atoms with Crippen LogP contribution in [0.2, 0.25) is 0 Å². The molecule has 1 saturated heterocycles. The molecule has 3 aromatic rings. The molecule has 136 valence electrons. The topological polar surface area (TPSA) is 93.2 Å². The molecule has 1 atom stereocenters. The second-order valence-electron chi connectivity index (χ2n) is 6.25. The van der Waals surface area contributed by atoms with Crippen LogP contribution in [0.15, 0.2) is 54.9 Å². The van der Waals surface area contributed by atoms with Gasteiger partial charge in [0.1, 0.15) is 6.10 Å². The Balaban J connectivity index is 1.63. The summed E-state index contributed by atoms with van der Waals surface area (Å²) >= 11 is 0. The van der Waals surface area contributed by atoms with Gasteiger partial charge in [-0.05, 0) is 37.1 Å². The van der Waals surface area contributed by atoms with Gasteiger partial charge in [-0.1, -0.05) is 18.2 Å². The van der Waals surface area contributed by atoms with E-state index < -0.39 is 12.0 Å². The van der Waals surface area contributed by atoms with Crippen molar-refractivity contribution in [1.82, 2.24) is 20.8 Å². The molecular formula is C20H18N4O3. The first-order valence-corrected chi connectivity index (χ1v) is 8.74. The lowest BCUT2D eigenvalue weighted by Gasteiger charge is -2.13. The largest absolute Gasteiger partial charge is 0.368 e. The van der Waals surface area contributed by atoms with Crippen LogP contribution >= 0.6 is 0 Å². The fourth-order valence-corrected chi connectivity index (χ4v) is 3.08. The van der Waals surface area contributed by atoms with E-state index in [0.717, 1.165) is 12.0 Å². The maximum absolute atomic E-state index is 12.8. The van der Waals surface area contributed by atoms with Crippen LogP contribution in [0.4, 0.5) is 0 Å². The Kier molecular flexibility index (Phi) is 4.76. The quantitative estimate of drug-likeness (QED) is 0.697. The van der Waals surface area contributed by atoms with Crippen molar-refractivity contribution in [2.75, 3.05) is 6.61 Å². The average molecular weight is 362 g/mol. The van der Waals surface area contributed by atoms with Crippen LogP contribution in [0.5, 0.6) is 0 Å². The summed E-state index contributed by atoms with van der Waals surface area (Å²) in [5, 5.41) is 0.708. The van der Waals surface area contributed by atoms with Crippen molar-refractivity contribution in [3.63, 3.8) is 0 Å². The molecule has 1 aliphatic rings. The molecule has 1 unspecified atom stereocenters. The van der Waals surface area contributed by atoms with E-state index in [1.165, 1.54) is 0 Å². The smallest absolute Gasteiger partial charge is 0.270 e. The zero-order chi connectivity index (χ0) is 18.6. The standard InChI is InChI=1S/C20H18N4O3/c25-19(23-24-20(26)18-6-3-11-27-18)15-12-17(13-7-9-21-10-8-13)22-16-5-2-1-4-14(15)16/h1-2,4-5,7-10,12,18H,3,6,11H2,(H,23,25)(H,24,26). The number of nitrogens with zero attached hydrogens (tertiary/aromatic N) is 2. The lowest BCUT2D eigenvalue weighted by atomic mass is 10.0. The Bertz CT molecular complexity index is 985. The van der Waals surface area contributed by atoms with Gasteiger partial charge < -0.3 is 4.74 Å². The van der Waals surface area contributed by atoms with Gasteiger partial charge >= 0.3 is 0 Å². The minimum absolute atomic E-state index is 0.339. The molecule has 0 aliphatic carbocycles. The van der Waals surface area contributed by atoms with Crippen LogP contribution in [0.3, 0.4) is 0 Å². The first-order chi connectivity index (χ1) is 13.2. The fraction of sp³-hybridized carbons (Fsp3) is 0.200. The van der Waals surface area contributed by atoms with Gasteiger partial charge in [0, 0.05) is 30.0 Å². The van der Waals surface area contributed by atoms with Gasteiger partial charge in [0.2, 0.25) is 0 Å². The molecule has 3 heterocycles. The van der Waals surface area contributed by atoms with E-state index >= 15 is 0 Å². The molecule has 7 nitrogen and oxygen atoms in total. The number of carbonyl (C=O) groups is 2. The molecule has 0 radical (unpaired) electrons. The third kappa shape index (κ3) is 3.63. The van der Waals surface area contributed by atoms with Crippen LogP contribution in [0.1, 0.15) is 23.2 Å². The molecule has 0 spiro atoms. The number of hydrogen-bond acceptors (Lipinski definition) is 5. The van der Waals surface area contributed by atoms with E-state index in [1.54, 1.807) is 18.5 Å². The zero-order valence-electron chi connectivity index (χ0n) is 14.5. The number of nitrogens with one attached hydrogen (secondary N) is 2. The summed E-state index contributed by atoms with van der Waals surface area (Å²) in [6.07, 6.45) is 4.34. The molecule has 0 saturated carbocycles. The highest BCUT2D eigenvalue weighted by molar-refractivity contribution is 6.07. The Hall–Kier alpha value is -3.32. The number of aromatic nitrogens is 2. The predicted molar refractivity (Wildman–Crippen MR) is 99.6 cm³/mol. The number of ether oxygens (including phenoxy) is 1. The number of amides is 2. The Morgan fingerprint density at radius 3 is 2.67 bits per heavy atom. The maximum atomic E-state index is 12.8. The van der Waals surface area contributed by atoms with E-state index in [4.69, 9.17) is 4.74 Å². The van der Waals surface area contributed by atoms with Crippen molar-refractivity contribution < 1.29 is 14.3 Å². The number of fused-ring (bicyclic) bond motifs is 1. The first kappa shape index (κ1) is 17.1. The number of hydrazine groups is 1. The first-order valence-electron chi connectivity index (χ1n) is 8.74. The van der Waals surface area contributed by atoms with Crippen LogP contribution in [0.25, 0.3) is 22.2 Å². The third-order valence-corrected chi connectivity index (χ3v) is 4.46. The highest BCUT2D eigenvalue weighted by Crippen LogP contribution is 2.24. The number of pyridine rings is 2. The Labute approximate surface area is 155 Å². The maximum Gasteiger partial charge on any atom is 0.270 e. The Morgan fingerprint density at radius 2 is 1.89 bits per heavy atom. The van der Waals surface area contributed by atoms with Crippen LogP contribution in [-0.4, -0.2) is 34.5 Å². The lowest BCUT2D eigenvalue weighted by molar-refractivity contribution is -0.130. The number of rotatable bonds is 3. The number of para-hydroxylation sites is 1. The van der Waals surface area contributed by atoms with Gasteiger partial charge in [-0.25, -0.2) is 4.98 Å². The fourth-order valence-electron chi connectivity index (χ4n) is 3.08. The van der Waals surface area contributed by atoms with Crippen molar-refractivity contribution >= 4 is 22.7 Å². The van der Waals surface area contributed by atoms with Crippen LogP contribution in [0, 0.1) is 0 Å². The van der Waals surface area contributed by atoms with Gasteiger partial charge in [-0.2, -0.15) is 0 Å². The molecular weight excluding hydrogens is 344 g/mol. The number of carbonyl (C=O) groups excluding carboxylic acids is 2. The van der Waals surface area contributed by atoms with Crippen LogP contribution < -0.4 is 10.9 Å². The minimum Gasteiger partial charge on any atom is -0.368 e. The normalized spacial score (nSPS) is 16.2. The van der Waals surface area contributed by atoms with Gasteiger partial charge in [-0.3, -0.25) is 25.4 Å².